The zero-order valence-corrected chi connectivity index (χ0v) is 12.3. The number of rotatable bonds is 7. The topological polar surface area (TPSA) is 66.4 Å². The van der Waals surface area contributed by atoms with E-state index in [1.165, 1.54) is 5.56 Å². The van der Waals surface area contributed by atoms with Crippen molar-refractivity contribution in [2.24, 2.45) is 5.92 Å². The molecule has 0 unspecified atom stereocenters. The summed E-state index contributed by atoms with van der Waals surface area (Å²) >= 11 is 0. The highest BCUT2D eigenvalue weighted by molar-refractivity contribution is 5.96. The first kappa shape index (κ1) is 16.2. The van der Waals surface area contributed by atoms with Gasteiger partial charge in [0.15, 0.2) is 0 Å². The minimum Gasteiger partial charge on any atom is -0.480 e. The lowest BCUT2D eigenvalue weighted by molar-refractivity contribution is -0.139. The third-order valence-corrected chi connectivity index (χ3v) is 3.07. The third-order valence-electron chi connectivity index (χ3n) is 3.07. The summed E-state index contributed by atoms with van der Waals surface area (Å²) < 4.78 is 0. The van der Waals surface area contributed by atoms with Gasteiger partial charge in [-0.25, -0.2) is 4.79 Å². The van der Waals surface area contributed by atoms with Crippen LogP contribution in [0.2, 0.25) is 0 Å². The predicted octanol–water partition coefficient (Wildman–Crippen LogP) is 2.87. The Morgan fingerprint density at radius 3 is 2.25 bits per heavy atom. The van der Waals surface area contributed by atoms with E-state index in [4.69, 9.17) is 5.11 Å². The van der Waals surface area contributed by atoms with Gasteiger partial charge < -0.3 is 10.4 Å². The summed E-state index contributed by atoms with van der Waals surface area (Å²) in [6.07, 6.45) is 2.46. The number of benzene rings is 1. The lowest BCUT2D eigenvalue weighted by atomic mass is 10.0. The smallest absolute Gasteiger partial charge is 0.326 e. The molecule has 110 valence electrons. The van der Waals surface area contributed by atoms with E-state index in [1.807, 2.05) is 26.0 Å². The van der Waals surface area contributed by atoms with Crippen molar-refractivity contribution in [1.82, 2.24) is 5.32 Å². The molecule has 1 atom stereocenters. The van der Waals surface area contributed by atoms with Crippen molar-refractivity contribution in [1.29, 1.82) is 0 Å². The van der Waals surface area contributed by atoms with Crippen LogP contribution in [-0.4, -0.2) is 23.0 Å². The van der Waals surface area contributed by atoms with Crippen molar-refractivity contribution in [3.63, 3.8) is 0 Å². The van der Waals surface area contributed by atoms with E-state index in [2.05, 4.69) is 12.2 Å². The summed E-state index contributed by atoms with van der Waals surface area (Å²) in [6, 6.07) is 6.48. The molecule has 0 heterocycles. The maximum Gasteiger partial charge on any atom is 0.326 e. The van der Waals surface area contributed by atoms with Crippen molar-refractivity contribution >= 4 is 11.9 Å². The number of hydrogen-bond donors (Lipinski definition) is 2. The fourth-order valence-corrected chi connectivity index (χ4v) is 2.05. The maximum absolute atomic E-state index is 12.0. The van der Waals surface area contributed by atoms with Crippen molar-refractivity contribution in [3.05, 3.63) is 35.4 Å². The van der Waals surface area contributed by atoms with E-state index in [0.29, 0.717) is 12.0 Å². The van der Waals surface area contributed by atoms with Crippen LogP contribution in [0.15, 0.2) is 24.3 Å². The van der Waals surface area contributed by atoms with Crippen molar-refractivity contribution in [2.45, 2.75) is 46.1 Å². The second kappa shape index (κ2) is 7.68. The van der Waals surface area contributed by atoms with Crippen LogP contribution in [0.3, 0.4) is 0 Å². The fraction of sp³-hybridized carbons (Fsp3) is 0.500. The number of carbonyl (C=O) groups excluding carboxylic acids is 1. The van der Waals surface area contributed by atoms with Gasteiger partial charge in [0.05, 0.1) is 0 Å². The molecule has 0 aliphatic heterocycles. The number of hydrogen-bond acceptors (Lipinski definition) is 2. The summed E-state index contributed by atoms with van der Waals surface area (Å²) in [5, 5.41) is 11.7. The first-order valence-corrected chi connectivity index (χ1v) is 7.06. The van der Waals surface area contributed by atoms with Gasteiger partial charge in [0.25, 0.3) is 5.91 Å². The van der Waals surface area contributed by atoms with E-state index >= 15 is 0 Å². The standard InChI is InChI=1S/C16H23NO3/c1-4-5-12-6-8-13(9-7-12)15(18)17-14(16(19)20)10-11(2)3/h6-9,11,14H,4-5,10H2,1-3H3,(H,17,18)(H,19,20)/t14-/m0/s1. The van der Waals surface area contributed by atoms with E-state index < -0.39 is 12.0 Å². The van der Waals surface area contributed by atoms with Crippen LogP contribution in [0.5, 0.6) is 0 Å². The SMILES string of the molecule is CCCc1ccc(C(=O)N[C@@H](CC(C)C)C(=O)O)cc1. The molecular formula is C16H23NO3. The molecule has 1 rings (SSSR count). The Labute approximate surface area is 120 Å². The summed E-state index contributed by atoms with van der Waals surface area (Å²) in [6.45, 7) is 5.97. The minimum atomic E-state index is -0.991. The van der Waals surface area contributed by atoms with Crippen LogP contribution in [0.4, 0.5) is 0 Å². The Morgan fingerprint density at radius 2 is 1.80 bits per heavy atom. The summed E-state index contributed by atoms with van der Waals surface area (Å²) in [5.41, 5.74) is 1.68. The molecule has 0 saturated heterocycles. The molecule has 1 aromatic rings. The highest BCUT2D eigenvalue weighted by Crippen LogP contribution is 2.09. The lowest BCUT2D eigenvalue weighted by Gasteiger charge is -2.16. The molecule has 0 spiro atoms. The average molecular weight is 277 g/mol. The number of amides is 1. The van der Waals surface area contributed by atoms with Crippen molar-refractivity contribution in [2.75, 3.05) is 0 Å². The van der Waals surface area contributed by atoms with E-state index in [0.717, 1.165) is 12.8 Å². The van der Waals surface area contributed by atoms with Gasteiger partial charge in [0.1, 0.15) is 6.04 Å². The molecule has 0 radical (unpaired) electrons. The van der Waals surface area contributed by atoms with Gasteiger partial charge >= 0.3 is 5.97 Å². The number of aryl methyl sites for hydroxylation is 1. The van der Waals surface area contributed by atoms with Gasteiger partial charge in [0, 0.05) is 5.56 Å². The van der Waals surface area contributed by atoms with E-state index in [9.17, 15) is 9.59 Å². The van der Waals surface area contributed by atoms with Crippen LogP contribution >= 0.6 is 0 Å². The molecule has 0 aliphatic carbocycles. The monoisotopic (exact) mass is 277 g/mol. The maximum atomic E-state index is 12.0. The largest absolute Gasteiger partial charge is 0.480 e. The van der Waals surface area contributed by atoms with Gasteiger partial charge in [-0.3, -0.25) is 4.79 Å². The zero-order chi connectivity index (χ0) is 15.1. The Hall–Kier alpha value is -1.84. The summed E-state index contributed by atoms with van der Waals surface area (Å²) in [7, 11) is 0. The number of nitrogens with one attached hydrogen (secondary N) is 1. The first-order valence-electron chi connectivity index (χ1n) is 7.06. The van der Waals surface area contributed by atoms with Crippen LogP contribution < -0.4 is 5.32 Å². The molecule has 0 fully saturated rings. The Bertz CT molecular complexity index is 451. The van der Waals surface area contributed by atoms with Crippen LogP contribution in [0, 0.1) is 5.92 Å². The first-order chi connectivity index (χ1) is 9.43. The van der Waals surface area contributed by atoms with E-state index in [-0.39, 0.29) is 11.8 Å². The van der Waals surface area contributed by atoms with Crippen LogP contribution in [-0.2, 0) is 11.2 Å². The lowest BCUT2D eigenvalue weighted by Crippen LogP contribution is -2.41. The quantitative estimate of drug-likeness (QED) is 0.805. The minimum absolute atomic E-state index is 0.211. The molecule has 0 aliphatic rings. The third kappa shape index (κ3) is 5.03. The fourth-order valence-electron chi connectivity index (χ4n) is 2.05. The predicted molar refractivity (Wildman–Crippen MR) is 78.8 cm³/mol. The normalized spacial score (nSPS) is 12.2. The summed E-state index contributed by atoms with van der Waals surface area (Å²) in [4.78, 5) is 23.2. The van der Waals surface area contributed by atoms with Crippen LogP contribution in [0.25, 0.3) is 0 Å². The highest BCUT2D eigenvalue weighted by atomic mass is 16.4. The van der Waals surface area contributed by atoms with E-state index in [1.54, 1.807) is 12.1 Å². The van der Waals surface area contributed by atoms with Gasteiger partial charge in [-0.2, -0.15) is 0 Å². The Morgan fingerprint density at radius 1 is 1.20 bits per heavy atom. The second-order valence-electron chi connectivity index (χ2n) is 5.44. The molecule has 0 saturated carbocycles. The van der Waals surface area contributed by atoms with Crippen LogP contribution in [0.1, 0.15) is 49.5 Å². The second-order valence-corrected chi connectivity index (χ2v) is 5.44. The van der Waals surface area contributed by atoms with Gasteiger partial charge in [-0.05, 0) is 36.5 Å². The van der Waals surface area contributed by atoms with Gasteiger partial charge in [0.2, 0.25) is 0 Å². The van der Waals surface area contributed by atoms with Gasteiger partial charge in [-0.15, -0.1) is 0 Å². The molecule has 0 aromatic heterocycles. The number of carboxylic acid groups (broad SMARTS) is 1. The van der Waals surface area contributed by atoms with Crippen molar-refractivity contribution in [3.8, 4) is 0 Å². The van der Waals surface area contributed by atoms with Crippen molar-refractivity contribution < 1.29 is 14.7 Å². The van der Waals surface area contributed by atoms with Gasteiger partial charge in [-0.1, -0.05) is 39.3 Å². The molecule has 4 nitrogen and oxygen atoms in total. The molecule has 1 amide bonds. The average Bonchev–Trinajstić information content (AvgIpc) is 2.38. The number of carboxylic acids is 1. The summed E-state index contributed by atoms with van der Waals surface area (Å²) in [5.74, 6) is -1.11. The molecule has 20 heavy (non-hydrogen) atoms. The molecule has 0 bridgehead atoms. The Kier molecular flexibility index (Phi) is 6.22. The zero-order valence-electron chi connectivity index (χ0n) is 12.3. The molecule has 4 heteroatoms. The molecule has 1 aromatic carbocycles. The molecular weight excluding hydrogens is 254 g/mol. The Balaban J connectivity index is 2.70. The number of aliphatic carboxylic acids is 1. The number of carbonyl (C=O) groups is 2. The molecule has 2 N–H and O–H groups in total. The highest BCUT2D eigenvalue weighted by Gasteiger charge is 2.21.